The van der Waals surface area contributed by atoms with E-state index in [1.807, 2.05) is 17.0 Å². The molecular formula is C11H16N4O2. The van der Waals surface area contributed by atoms with Gasteiger partial charge in [0.1, 0.15) is 11.5 Å². The molecule has 17 heavy (non-hydrogen) atoms. The number of amidine groups is 1. The lowest BCUT2D eigenvalue weighted by Crippen LogP contribution is -2.30. The third-order valence-corrected chi connectivity index (χ3v) is 2.73. The van der Waals surface area contributed by atoms with Crippen molar-refractivity contribution in [1.29, 1.82) is 0 Å². The van der Waals surface area contributed by atoms with Gasteiger partial charge in [-0.15, -0.1) is 0 Å². The van der Waals surface area contributed by atoms with Crippen molar-refractivity contribution in [3.63, 3.8) is 0 Å². The highest BCUT2D eigenvalue weighted by atomic mass is 16.4. The van der Waals surface area contributed by atoms with Crippen molar-refractivity contribution in [1.82, 2.24) is 4.98 Å². The first-order valence-corrected chi connectivity index (χ1v) is 5.58. The molecule has 0 saturated heterocycles. The van der Waals surface area contributed by atoms with E-state index in [2.05, 4.69) is 10.1 Å². The smallest absolute Gasteiger partial charge is 0.188 e. The van der Waals surface area contributed by atoms with E-state index in [9.17, 15) is 0 Å². The van der Waals surface area contributed by atoms with Crippen LogP contribution in [0.1, 0.15) is 18.5 Å². The summed E-state index contributed by atoms with van der Waals surface area (Å²) in [4.78, 5) is 6.37. The van der Waals surface area contributed by atoms with Gasteiger partial charge >= 0.3 is 0 Å². The summed E-state index contributed by atoms with van der Waals surface area (Å²) in [6, 6.07) is 5.81. The van der Waals surface area contributed by atoms with Gasteiger partial charge in [-0.05, 0) is 25.0 Å². The predicted molar refractivity (Wildman–Crippen MR) is 64.2 cm³/mol. The lowest BCUT2D eigenvalue weighted by molar-refractivity contribution is 0.301. The van der Waals surface area contributed by atoms with Gasteiger partial charge in [0.2, 0.25) is 0 Å². The molecule has 1 saturated carbocycles. The van der Waals surface area contributed by atoms with Crippen LogP contribution in [0.25, 0.3) is 0 Å². The number of pyridine rings is 1. The molecule has 1 aliphatic carbocycles. The molecule has 1 aromatic heterocycles. The molecule has 0 amide bonds. The number of nitrogens with two attached hydrogens (primary N) is 1. The zero-order valence-corrected chi connectivity index (χ0v) is 9.45. The monoisotopic (exact) mass is 236 g/mol. The summed E-state index contributed by atoms with van der Waals surface area (Å²) in [5.74, 6) is 0.747. The Morgan fingerprint density at radius 1 is 1.53 bits per heavy atom. The Morgan fingerprint density at radius 3 is 2.88 bits per heavy atom. The molecule has 0 aliphatic heterocycles. The third kappa shape index (κ3) is 2.65. The van der Waals surface area contributed by atoms with E-state index in [4.69, 9.17) is 16.0 Å². The third-order valence-electron chi connectivity index (χ3n) is 2.73. The molecule has 92 valence electrons. The molecule has 2 rings (SSSR count). The number of aromatic nitrogens is 1. The first-order valence-electron chi connectivity index (χ1n) is 5.58. The standard InChI is InChI=1S/C11H16N4O2/c12-11(14-17)9-2-1-3-10(13-9)15(6-7-16)8-4-5-8/h1-3,8,16-17H,4-7H2,(H2,12,14). The zero-order chi connectivity index (χ0) is 12.3. The molecule has 1 fully saturated rings. The van der Waals surface area contributed by atoms with Crippen molar-refractivity contribution >= 4 is 11.7 Å². The summed E-state index contributed by atoms with van der Waals surface area (Å²) in [5, 5.41) is 20.6. The maximum Gasteiger partial charge on any atom is 0.188 e. The summed E-state index contributed by atoms with van der Waals surface area (Å²) in [5.41, 5.74) is 5.94. The highest BCUT2D eigenvalue weighted by Crippen LogP contribution is 2.30. The van der Waals surface area contributed by atoms with Gasteiger partial charge in [-0.25, -0.2) is 4.98 Å². The molecule has 0 spiro atoms. The van der Waals surface area contributed by atoms with Crippen molar-refractivity contribution in [2.75, 3.05) is 18.1 Å². The molecule has 0 aromatic carbocycles. The highest BCUT2D eigenvalue weighted by molar-refractivity contribution is 5.95. The molecule has 1 aromatic rings. The summed E-state index contributed by atoms with van der Waals surface area (Å²) >= 11 is 0. The van der Waals surface area contributed by atoms with Crippen molar-refractivity contribution in [2.45, 2.75) is 18.9 Å². The number of hydrogen-bond acceptors (Lipinski definition) is 5. The van der Waals surface area contributed by atoms with Crippen LogP contribution in [-0.4, -0.2) is 40.3 Å². The van der Waals surface area contributed by atoms with E-state index < -0.39 is 0 Å². The number of rotatable bonds is 5. The molecule has 6 nitrogen and oxygen atoms in total. The number of anilines is 1. The summed E-state index contributed by atoms with van der Waals surface area (Å²) < 4.78 is 0. The van der Waals surface area contributed by atoms with Gasteiger partial charge in [0.25, 0.3) is 0 Å². The van der Waals surface area contributed by atoms with Gasteiger partial charge in [0.05, 0.1) is 6.61 Å². The van der Waals surface area contributed by atoms with E-state index in [1.165, 1.54) is 0 Å². The maximum absolute atomic E-state index is 9.04. The molecule has 0 unspecified atom stereocenters. The number of aliphatic hydroxyl groups excluding tert-OH is 1. The lowest BCUT2D eigenvalue weighted by atomic mass is 10.3. The molecule has 0 bridgehead atoms. The Hall–Kier alpha value is -1.82. The second kappa shape index (κ2) is 5.01. The summed E-state index contributed by atoms with van der Waals surface area (Å²) in [7, 11) is 0. The first-order chi connectivity index (χ1) is 8.26. The molecule has 1 heterocycles. The van der Waals surface area contributed by atoms with Crippen LogP contribution < -0.4 is 10.6 Å². The fourth-order valence-corrected chi connectivity index (χ4v) is 1.76. The Balaban J connectivity index is 2.24. The molecule has 0 radical (unpaired) electrons. The number of oxime groups is 1. The van der Waals surface area contributed by atoms with E-state index in [1.54, 1.807) is 6.07 Å². The molecular weight excluding hydrogens is 220 g/mol. The van der Waals surface area contributed by atoms with Gasteiger partial charge in [0.15, 0.2) is 5.84 Å². The van der Waals surface area contributed by atoms with Gasteiger partial charge in [0, 0.05) is 12.6 Å². The van der Waals surface area contributed by atoms with Crippen molar-refractivity contribution in [3.8, 4) is 0 Å². The molecule has 0 atom stereocenters. The summed E-state index contributed by atoms with van der Waals surface area (Å²) in [6.45, 7) is 0.642. The number of hydrogen-bond donors (Lipinski definition) is 3. The SMILES string of the molecule is NC(=NO)c1cccc(N(CCO)C2CC2)n1. The molecule has 4 N–H and O–H groups in total. The van der Waals surface area contributed by atoms with Gasteiger partial charge < -0.3 is 20.9 Å². The Labute approximate surface area is 99.4 Å². The van der Waals surface area contributed by atoms with Crippen LogP contribution in [0.4, 0.5) is 5.82 Å². The van der Waals surface area contributed by atoms with Crippen LogP contribution >= 0.6 is 0 Å². The fourth-order valence-electron chi connectivity index (χ4n) is 1.76. The van der Waals surface area contributed by atoms with E-state index in [-0.39, 0.29) is 12.4 Å². The highest BCUT2D eigenvalue weighted by Gasteiger charge is 2.29. The summed E-state index contributed by atoms with van der Waals surface area (Å²) in [6.07, 6.45) is 2.24. The van der Waals surface area contributed by atoms with Crippen LogP contribution in [0.5, 0.6) is 0 Å². The number of nitrogens with zero attached hydrogens (tertiary/aromatic N) is 3. The first kappa shape index (κ1) is 11.7. The second-order valence-corrected chi connectivity index (χ2v) is 4.01. The quantitative estimate of drug-likeness (QED) is 0.292. The second-order valence-electron chi connectivity index (χ2n) is 4.01. The Morgan fingerprint density at radius 2 is 2.29 bits per heavy atom. The van der Waals surface area contributed by atoms with Crippen LogP contribution in [0.2, 0.25) is 0 Å². The Kier molecular flexibility index (Phi) is 3.43. The minimum atomic E-state index is -0.00778. The van der Waals surface area contributed by atoms with Crippen molar-refractivity contribution < 1.29 is 10.3 Å². The lowest BCUT2D eigenvalue weighted by Gasteiger charge is -2.22. The largest absolute Gasteiger partial charge is 0.409 e. The molecule has 6 heteroatoms. The van der Waals surface area contributed by atoms with Gasteiger partial charge in [-0.1, -0.05) is 11.2 Å². The van der Waals surface area contributed by atoms with Gasteiger partial charge in [-0.2, -0.15) is 0 Å². The average Bonchev–Trinajstić information content (AvgIpc) is 3.19. The van der Waals surface area contributed by atoms with E-state index >= 15 is 0 Å². The minimum absolute atomic E-state index is 0.00778. The topological polar surface area (TPSA) is 95.0 Å². The maximum atomic E-state index is 9.04. The van der Waals surface area contributed by atoms with Crippen LogP contribution in [0.15, 0.2) is 23.4 Å². The fraction of sp³-hybridized carbons (Fsp3) is 0.455. The van der Waals surface area contributed by atoms with E-state index in [0.717, 1.165) is 18.7 Å². The Bertz CT molecular complexity index is 418. The molecule has 1 aliphatic rings. The predicted octanol–water partition coefficient (Wildman–Crippen LogP) is 0.137. The number of aliphatic hydroxyl groups is 1. The van der Waals surface area contributed by atoms with Crippen LogP contribution in [0, 0.1) is 0 Å². The minimum Gasteiger partial charge on any atom is -0.409 e. The van der Waals surface area contributed by atoms with Crippen molar-refractivity contribution in [3.05, 3.63) is 23.9 Å². The normalized spacial score (nSPS) is 15.9. The van der Waals surface area contributed by atoms with Crippen LogP contribution in [-0.2, 0) is 0 Å². The average molecular weight is 236 g/mol. The zero-order valence-electron chi connectivity index (χ0n) is 9.45. The van der Waals surface area contributed by atoms with Gasteiger partial charge in [-0.3, -0.25) is 0 Å². The van der Waals surface area contributed by atoms with E-state index in [0.29, 0.717) is 18.3 Å². The van der Waals surface area contributed by atoms with Crippen molar-refractivity contribution in [2.24, 2.45) is 10.9 Å². The van der Waals surface area contributed by atoms with Crippen LogP contribution in [0.3, 0.4) is 0 Å².